The van der Waals surface area contributed by atoms with Crippen molar-refractivity contribution in [3.8, 4) is 33.9 Å². The van der Waals surface area contributed by atoms with Crippen molar-refractivity contribution >= 4 is 0 Å². The molecule has 0 unspecified atom stereocenters. The topological polar surface area (TPSA) is 51.6 Å². The molecule has 0 saturated heterocycles. The molecule has 2 aromatic heterocycles. The highest BCUT2D eigenvalue weighted by Gasteiger charge is 2.10. The summed E-state index contributed by atoms with van der Waals surface area (Å²) in [5.41, 5.74) is 5.48. The number of benzene rings is 2. The van der Waals surface area contributed by atoms with Crippen LogP contribution in [0.3, 0.4) is 0 Å². The van der Waals surface area contributed by atoms with Gasteiger partial charge in [0.25, 0.3) is 0 Å². The van der Waals surface area contributed by atoms with Crippen molar-refractivity contribution in [1.29, 1.82) is 0 Å². The predicted molar refractivity (Wildman–Crippen MR) is 103 cm³/mol. The maximum atomic E-state index is 4.40. The van der Waals surface area contributed by atoms with E-state index in [9.17, 15) is 0 Å². The van der Waals surface area contributed by atoms with Crippen LogP contribution in [0, 0.1) is 0 Å². The average Bonchev–Trinajstić information content (AvgIpc) is 2.75. The Bertz CT molecular complexity index is 957. The van der Waals surface area contributed by atoms with Crippen LogP contribution in [0.25, 0.3) is 33.9 Å². The molecule has 0 fully saturated rings. The van der Waals surface area contributed by atoms with E-state index >= 15 is 0 Å². The summed E-state index contributed by atoms with van der Waals surface area (Å²) in [6.45, 7) is 2.16. The third-order valence-electron chi connectivity index (χ3n) is 4.25. The van der Waals surface area contributed by atoms with Gasteiger partial charge in [-0.05, 0) is 53.4 Å². The fraction of sp³-hybridized carbons (Fsp3) is 0.0909. The summed E-state index contributed by atoms with van der Waals surface area (Å²) in [7, 11) is 0. The van der Waals surface area contributed by atoms with Gasteiger partial charge in [0.2, 0.25) is 0 Å². The SMILES string of the molecule is CCc1cccc(-c2cc(-c3ncccn3)cc(-c3ncccn3)c2)c1. The Kier molecular flexibility index (Phi) is 4.48. The molecule has 0 saturated carbocycles. The zero-order valence-electron chi connectivity index (χ0n) is 14.5. The molecule has 0 aliphatic rings. The van der Waals surface area contributed by atoms with E-state index < -0.39 is 0 Å². The van der Waals surface area contributed by atoms with Crippen LogP contribution < -0.4 is 0 Å². The quantitative estimate of drug-likeness (QED) is 0.535. The predicted octanol–water partition coefficient (Wildman–Crippen LogP) is 4.83. The van der Waals surface area contributed by atoms with Gasteiger partial charge in [-0.3, -0.25) is 0 Å². The lowest BCUT2D eigenvalue weighted by molar-refractivity contribution is 1.14. The maximum absolute atomic E-state index is 4.40. The summed E-state index contributed by atoms with van der Waals surface area (Å²) in [5, 5.41) is 0. The van der Waals surface area contributed by atoms with E-state index in [1.54, 1.807) is 24.8 Å². The zero-order valence-corrected chi connectivity index (χ0v) is 14.5. The molecule has 4 rings (SSSR count). The van der Waals surface area contributed by atoms with Crippen molar-refractivity contribution in [3.63, 3.8) is 0 Å². The summed E-state index contributed by atoms with van der Waals surface area (Å²) >= 11 is 0. The van der Waals surface area contributed by atoms with Crippen molar-refractivity contribution in [3.05, 3.63) is 84.9 Å². The molecule has 0 aliphatic carbocycles. The van der Waals surface area contributed by atoms with Crippen molar-refractivity contribution < 1.29 is 0 Å². The van der Waals surface area contributed by atoms with Gasteiger partial charge >= 0.3 is 0 Å². The summed E-state index contributed by atoms with van der Waals surface area (Å²) in [5.74, 6) is 1.39. The summed E-state index contributed by atoms with van der Waals surface area (Å²) in [6.07, 6.45) is 8.03. The van der Waals surface area contributed by atoms with E-state index in [0.29, 0.717) is 11.6 Å². The van der Waals surface area contributed by atoms with Crippen LogP contribution in [-0.2, 0) is 6.42 Å². The normalized spacial score (nSPS) is 10.7. The van der Waals surface area contributed by atoms with Crippen LogP contribution in [0.4, 0.5) is 0 Å². The average molecular weight is 338 g/mol. The lowest BCUT2D eigenvalue weighted by atomic mass is 9.97. The Morgan fingerprint density at radius 2 is 1.12 bits per heavy atom. The molecule has 0 radical (unpaired) electrons. The highest BCUT2D eigenvalue weighted by atomic mass is 14.9. The molecule has 0 N–H and O–H groups in total. The van der Waals surface area contributed by atoms with Crippen LogP contribution in [0.2, 0.25) is 0 Å². The van der Waals surface area contributed by atoms with Gasteiger partial charge in [-0.25, -0.2) is 19.9 Å². The monoisotopic (exact) mass is 338 g/mol. The summed E-state index contributed by atoms with van der Waals surface area (Å²) in [4.78, 5) is 17.6. The maximum Gasteiger partial charge on any atom is 0.159 e. The Morgan fingerprint density at radius 3 is 1.65 bits per heavy atom. The molecule has 4 heteroatoms. The van der Waals surface area contributed by atoms with Gasteiger partial charge in [0.1, 0.15) is 0 Å². The van der Waals surface area contributed by atoms with Crippen molar-refractivity contribution in [1.82, 2.24) is 19.9 Å². The lowest BCUT2D eigenvalue weighted by Crippen LogP contribution is -1.93. The molecule has 0 bridgehead atoms. The van der Waals surface area contributed by atoms with Gasteiger partial charge in [-0.15, -0.1) is 0 Å². The van der Waals surface area contributed by atoms with Crippen LogP contribution in [0.1, 0.15) is 12.5 Å². The fourth-order valence-electron chi connectivity index (χ4n) is 2.92. The van der Waals surface area contributed by atoms with Crippen LogP contribution in [0.5, 0.6) is 0 Å². The Labute approximate surface area is 152 Å². The van der Waals surface area contributed by atoms with Crippen molar-refractivity contribution in [2.75, 3.05) is 0 Å². The second-order valence-electron chi connectivity index (χ2n) is 6.00. The molecule has 2 aromatic carbocycles. The van der Waals surface area contributed by atoms with Gasteiger partial charge < -0.3 is 0 Å². The second-order valence-corrected chi connectivity index (χ2v) is 6.00. The minimum absolute atomic E-state index is 0.693. The number of hydrogen-bond donors (Lipinski definition) is 0. The highest BCUT2D eigenvalue weighted by molar-refractivity contribution is 5.77. The smallest absolute Gasteiger partial charge is 0.159 e. The Morgan fingerprint density at radius 1 is 0.577 bits per heavy atom. The first-order valence-electron chi connectivity index (χ1n) is 8.62. The minimum atomic E-state index is 0.693. The number of aromatic nitrogens is 4. The summed E-state index contributed by atoms with van der Waals surface area (Å²) < 4.78 is 0. The van der Waals surface area contributed by atoms with Crippen LogP contribution >= 0.6 is 0 Å². The largest absolute Gasteiger partial charge is 0.237 e. The molecule has 126 valence electrons. The lowest BCUT2D eigenvalue weighted by Gasteiger charge is -2.10. The van der Waals surface area contributed by atoms with E-state index in [0.717, 1.165) is 23.1 Å². The number of aryl methyl sites for hydroxylation is 1. The summed E-state index contributed by atoms with van der Waals surface area (Å²) in [6, 6.07) is 18.5. The minimum Gasteiger partial charge on any atom is -0.237 e. The molecule has 4 aromatic rings. The van der Waals surface area contributed by atoms with E-state index in [1.807, 2.05) is 18.2 Å². The molecule has 0 aliphatic heterocycles. The molecule has 2 heterocycles. The van der Waals surface area contributed by atoms with Crippen molar-refractivity contribution in [2.45, 2.75) is 13.3 Å². The van der Waals surface area contributed by atoms with Gasteiger partial charge in [0.05, 0.1) is 0 Å². The molecule has 0 spiro atoms. The highest BCUT2D eigenvalue weighted by Crippen LogP contribution is 2.30. The molecule has 26 heavy (non-hydrogen) atoms. The molecular weight excluding hydrogens is 320 g/mol. The van der Waals surface area contributed by atoms with Crippen LogP contribution in [0.15, 0.2) is 79.4 Å². The van der Waals surface area contributed by atoms with E-state index in [-0.39, 0.29) is 0 Å². The fourth-order valence-corrected chi connectivity index (χ4v) is 2.92. The molecular formula is C22H18N4. The van der Waals surface area contributed by atoms with E-state index in [2.05, 4.69) is 63.3 Å². The first kappa shape index (κ1) is 16.1. The zero-order chi connectivity index (χ0) is 17.8. The standard InChI is InChI=1S/C22H18N4/c1-2-16-6-3-7-17(12-16)18-13-19(21-23-8-4-9-24-21)15-20(14-18)22-25-10-5-11-26-22/h3-15H,2H2,1H3. The van der Waals surface area contributed by atoms with Gasteiger partial charge in [-0.1, -0.05) is 31.2 Å². The van der Waals surface area contributed by atoms with Gasteiger partial charge in [-0.2, -0.15) is 0 Å². The van der Waals surface area contributed by atoms with Crippen LogP contribution in [-0.4, -0.2) is 19.9 Å². The Hall–Kier alpha value is -3.40. The second kappa shape index (κ2) is 7.23. The van der Waals surface area contributed by atoms with Gasteiger partial charge in [0, 0.05) is 35.9 Å². The van der Waals surface area contributed by atoms with E-state index in [1.165, 1.54) is 11.1 Å². The number of hydrogen-bond acceptors (Lipinski definition) is 4. The molecule has 0 atom stereocenters. The Balaban J connectivity index is 1.90. The number of rotatable bonds is 4. The molecule has 0 amide bonds. The number of nitrogens with zero attached hydrogens (tertiary/aromatic N) is 4. The third kappa shape index (κ3) is 3.35. The van der Waals surface area contributed by atoms with Crippen molar-refractivity contribution in [2.24, 2.45) is 0 Å². The first-order valence-corrected chi connectivity index (χ1v) is 8.62. The first-order chi connectivity index (χ1) is 12.8. The third-order valence-corrected chi connectivity index (χ3v) is 4.25. The van der Waals surface area contributed by atoms with Gasteiger partial charge in [0.15, 0.2) is 11.6 Å². The molecule has 4 nitrogen and oxygen atoms in total. The van der Waals surface area contributed by atoms with E-state index in [4.69, 9.17) is 0 Å².